The molecule has 8 nitrogen and oxygen atoms in total. The maximum atomic E-state index is 13.5. The van der Waals surface area contributed by atoms with E-state index in [0.717, 1.165) is 11.8 Å². The normalized spacial score (nSPS) is 15.2. The number of aryl methyl sites for hydroxylation is 1. The lowest BCUT2D eigenvalue weighted by atomic mass is 10.0. The Hall–Kier alpha value is -3.67. The smallest absolute Gasteiger partial charge is 0.353 e. The van der Waals surface area contributed by atoms with Gasteiger partial charge in [0, 0.05) is 51.3 Å². The second-order valence-corrected chi connectivity index (χ2v) is 8.90. The Kier molecular flexibility index (Phi) is 6.29. The first-order valence-electron chi connectivity index (χ1n) is 11.5. The third-order valence-electron chi connectivity index (χ3n) is 6.63. The van der Waals surface area contributed by atoms with Gasteiger partial charge >= 0.3 is 6.18 Å². The lowest BCUT2D eigenvalue weighted by Gasteiger charge is -2.37. The molecule has 0 radical (unpaired) electrons. The van der Waals surface area contributed by atoms with Gasteiger partial charge in [0.15, 0.2) is 5.82 Å². The summed E-state index contributed by atoms with van der Waals surface area (Å²) in [4.78, 5) is 13.0. The summed E-state index contributed by atoms with van der Waals surface area (Å²) in [6.45, 7) is 1.35. The molecular weight excluding hydrogens is 476 g/mol. The topological polar surface area (TPSA) is 75.9 Å². The minimum Gasteiger partial charge on any atom is -0.353 e. The van der Waals surface area contributed by atoms with Crippen molar-refractivity contribution in [1.29, 1.82) is 0 Å². The Bertz CT molecular complexity index is 1380. The highest BCUT2D eigenvalue weighted by Crippen LogP contribution is 2.34. The lowest BCUT2D eigenvalue weighted by Crippen LogP contribution is -2.43. The minimum absolute atomic E-state index is 0.0615. The molecule has 0 N–H and O–H groups in total. The zero-order chi connectivity index (χ0) is 25.4. The van der Waals surface area contributed by atoms with E-state index >= 15 is 0 Å². The van der Waals surface area contributed by atoms with E-state index in [1.807, 2.05) is 18.0 Å². The van der Waals surface area contributed by atoms with Crippen LogP contribution < -0.4 is 4.90 Å². The Balaban J connectivity index is 1.33. The second-order valence-electron chi connectivity index (χ2n) is 8.90. The van der Waals surface area contributed by atoms with Gasteiger partial charge in [0.2, 0.25) is 0 Å². The van der Waals surface area contributed by atoms with Crippen molar-refractivity contribution < 1.29 is 17.6 Å². The molecule has 1 saturated heterocycles. The highest BCUT2D eigenvalue weighted by atomic mass is 19.4. The van der Waals surface area contributed by atoms with Gasteiger partial charge in [0.1, 0.15) is 22.5 Å². The summed E-state index contributed by atoms with van der Waals surface area (Å²) in [7, 11) is 3.62. The largest absolute Gasteiger partial charge is 0.416 e. The van der Waals surface area contributed by atoms with E-state index in [1.54, 1.807) is 30.3 Å². The number of anilines is 1. The van der Waals surface area contributed by atoms with E-state index in [1.165, 1.54) is 6.07 Å². The maximum absolute atomic E-state index is 13.5. The molecule has 1 aliphatic heterocycles. The molecular formula is C24H24F4N8. The molecule has 188 valence electrons. The molecule has 0 unspecified atom stereocenters. The van der Waals surface area contributed by atoms with Crippen molar-refractivity contribution in [2.75, 3.05) is 25.0 Å². The second kappa shape index (κ2) is 9.41. The van der Waals surface area contributed by atoms with Gasteiger partial charge in [-0.3, -0.25) is 14.6 Å². The van der Waals surface area contributed by atoms with Crippen molar-refractivity contribution in [3.8, 4) is 11.4 Å². The van der Waals surface area contributed by atoms with E-state index in [0.29, 0.717) is 54.5 Å². The van der Waals surface area contributed by atoms with Crippen molar-refractivity contribution in [3.05, 3.63) is 59.8 Å². The van der Waals surface area contributed by atoms with Crippen LogP contribution in [0.15, 0.2) is 42.9 Å². The monoisotopic (exact) mass is 500 g/mol. The standard InChI is InChI=1S/C24H24F4N8/c1-34(14-15-3-4-16(25)13-18(15)24(26,27)28)17-6-11-36(12-7-17)23-22-21(29-9-10-30-22)20(32-33-23)19-5-8-31-35(19)2/h3-5,8-10,13,17H,6-7,11-12,14H2,1-2H3. The van der Waals surface area contributed by atoms with Crippen molar-refractivity contribution >= 4 is 16.9 Å². The van der Waals surface area contributed by atoms with Crippen molar-refractivity contribution in [2.45, 2.75) is 31.6 Å². The van der Waals surface area contributed by atoms with E-state index in [4.69, 9.17) is 0 Å². The van der Waals surface area contributed by atoms with Crippen LogP contribution in [0.1, 0.15) is 24.0 Å². The molecule has 0 atom stereocenters. The fourth-order valence-corrected chi connectivity index (χ4v) is 4.73. The van der Waals surface area contributed by atoms with Crippen LogP contribution in [0, 0.1) is 5.82 Å². The van der Waals surface area contributed by atoms with E-state index in [2.05, 4.69) is 30.2 Å². The van der Waals surface area contributed by atoms with E-state index in [9.17, 15) is 17.6 Å². The fourth-order valence-electron chi connectivity index (χ4n) is 4.73. The van der Waals surface area contributed by atoms with Crippen LogP contribution in [0.3, 0.4) is 0 Å². The van der Waals surface area contributed by atoms with Crippen LogP contribution in [-0.2, 0) is 19.8 Å². The number of aromatic nitrogens is 6. The highest BCUT2D eigenvalue weighted by Gasteiger charge is 2.35. The van der Waals surface area contributed by atoms with Gasteiger partial charge in [-0.15, -0.1) is 10.2 Å². The van der Waals surface area contributed by atoms with Crippen molar-refractivity contribution in [3.63, 3.8) is 0 Å². The average Bonchev–Trinajstić information content (AvgIpc) is 3.29. The van der Waals surface area contributed by atoms with Gasteiger partial charge < -0.3 is 4.90 Å². The number of hydrogen-bond acceptors (Lipinski definition) is 7. The van der Waals surface area contributed by atoms with Gasteiger partial charge in [0.25, 0.3) is 0 Å². The molecule has 1 aromatic carbocycles. The molecule has 5 rings (SSSR count). The predicted octanol–water partition coefficient (Wildman–Crippen LogP) is 4.08. The quantitative estimate of drug-likeness (QED) is 0.382. The van der Waals surface area contributed by atoms with Crippen LogP contribution in [0.4, 0.5) is 23.4 Å². The van der Waals surface area contributed by atoms with Gasteiger partial charge in [-0.1, -0.05) is 6.07 Å². The van der Waals surface area contributed by atoms with Gasteiger partial charge in [-0.2, -0.15) is 18.3 Å². The summed E-state index contributed by atoms with van der Waals surface area (Å²) < 4.78 is 55.4. The van der Waals surface area contributed by atoms with Gasteiger partial charge in [-0.25, -0.2) is 9.37 Å². The summed E-state index contributed by atoms with van der Waals surface area (Å²) in [5, 5.41) is 13.1. The number of nitrogens with zero attached hydrogens (tertiary/aromatic N) is 8. The number of fused-ring (bicyclic) bond motifs is 1. The summed E-state index contributed by atoms with van der Waals surface area (Å²) in [5.41, 5.74) is 1.76. The van der Waals surface area contributed by atoms with E-state index in [-0.39, 0.29) is 18.2 Å². The average molecular weight is 501 g/mol. The molecule has 0 saturated carbocycles. The molecule has 0 amide bonds. The SMILES string of the molecule is CN(Cc1ccc(F)cc1C(F)(F)F)C1CCN(c2nnc(-c3ccnn3C)c3nccnc23)CC1. The van der Waals surface area contributed by atoms with Crippen LogP contribution in [0.5, 0.6) is 0 Å². The molecule has 4 aromatic rings. The summed E-state index contributed by atoms with van der Waals surface area (Å²) >= 11 is 0. The molecule has 4 heterocycles. The highest BCUT2D eigenvalue weighted by molar-refractivity contribution is 5.94. The summed E-state index contributed by atoms with van der Waals surface area (Å²) in [5.74, 6) is -0.268. The summed E-state index contributed by atoms with van der Waals surface area (Å²) in [6.07, 6.45) is 1.72. The van der Waals surface area contributed by atoms with Crippen LogP contribution in [0.25, 0.3) is 22.4 Å². The molecule has 12 heteroatoms. The third-order valence-corrected chi connectivity index (χ3v) is 6.63. The Labute approximate surface area is 204 Å². The zero-order valence-corrected chi connectivity index (χ0v) is 19.7. The Morgan fingerprint density at radius 3 is 2.39 bits per heavy atom. The van der Waals surface area contributed by atoms with Crippen LogP contribution in [0.2, 0.25) is 0 Å². The van der Waals surface area contributed by atoms with Crippen molar-refractivity contribution in [2.24, 2.45) is 7.05 Å². The van der Waals surface area contributed by atoms with Gasteiger partial charge in [0.05, 0.1) is 11.3 Å². The molecule has 36 heavy (non-hydrogen) atoms. The number of piperidine rings is 1. The molecule has 0 spiro atoms. The van der Waals surface area contributed by atoms with Crippen LogP contribution in [-0.4, -0.2) is 61.0 Å². The maximum Gasteiger partial charge on any atom is 0.416 e. The zero-order valence-electron chi connectivity index (χ0n) is 19.7. The van der Waals surface area contributed by atoms with Crippen molar-refractivity contribution in [1.82, 2.24) is 34.8 Å². The van der Waals surface area contributed by atoms with E-state index < -0.39 is 17.6 Å². The number of halogens is 4. The lowest BCUT2D eigenvalue weighted by molar-refractivity contribution is -0.138. The van der Waals surface area contributed by atoms with Gasteiger partial charge in [-0.05, 0) is 43.7 Å². The predicted molar refractivity (Wildman–Crippen MR) is 125 cm³/mol. The summed E-state index contributed by atoms with van der Waals surface area (Å²) in [6, 6.07) is 4.75. The third kappa shape index (κ3) is 4.60. The number of rotatable bonds is 5. The number of benzene rings is 1. The Morgan fingerprint density at radius 1 is 1.00 bits per heavy atom. The molecule has 3 aromatic heterocycles. The first-order chi connectivity index (χ1) is 17.2. The minimum atomic E-state index is -4.61. The number of hydrogen-bond donors (Lipinski definition) is 0. The molecule has 1 aliphatic rings. The Morgan fingerprint density at radius 2 is 1.72 bits per heavy atom. The molecule has 0 aliphatic carbocycles. The first kappa shape index (κ1) is 24.0. The molecule has 1 fully saturated rings. The van der Waals surface area contributed by atoms with Crippen LogP contribution >= 0.6 is 0 Å². The number of alkyl halides is 3. The molecule has 0 bridgehead atoms. The fraction of sp³-hybridized carbons (Fsp3) is 0.375. The first-order valence-corrected chi connectivity index (χ1v) is 11.5.